The Bertz CT molecular complexity index is 651. The zero-order valence-corrected chi connectivity index (χ0v) is 12.7. The van der Waals surface area contributed by atoms with Crippen LogP contribution < -0.4 is 16.2 Å². The van der Waals surface area contributed by atoms with Crippen LogP contribution in [-0.2, 0) is 0 Å². The van der Waals surface area contributed by atoms with E-state index in [1.807, 2.05) is 12.3 Å². The number of nitrogens with two attached hydrogens (primary N) is 1. The first kappa shape index (κ1) is 13.6. The van der Waals surface area contributed by atoms with Gasteiger partial charge in [-0.15, -0.1) is 11.3 Å². The van der Waals surface area contributed by atoms with Gasteiger partial charge in [0.2, 0.25) is 0 Å². The summed E-state index contributed by atoms with van der Waals surface area (Å²) < 4.78 is 0. The molecule has 0 atom stereocenters. The highest BCUT2D eigenvalue weighted by Crippen LogP contribution is 2.33. The van der Waals surface area contributed by atoms with Crippen LogP contribution in [0.15, 0.2) is 11.2 Å². The number of anilines is 1. The summed E-state index contributed by atoms with van der Waals surface area (Å²) in [6.07, 6.45) is 4.32. The van der Waals surface area contributed by atoms with E-state index >= 15 is 0 Å². The molecular formula is C12H15N5OS2. The van der Waals surface area contributed by atoms with E-state index in [-0.39, 0.29) is 5.91 Å². The molecule has 1 amide bonds. The van der Waals surface area contributed by atoms with Crippen molar-refractivity contribution in [3.63, 3.8) is 0 Å². The molecule has 1 aliphatic rings. The number of rotatable bonds is 3. The maximum atomic E-state index is 11.7. The first-order valence-corrected chi connectivity index (χ1v) is 8.38. The van der Waals surface area contributed by atoms with Gasteiger partial charge in [-0.05, 0) is 25.2 Å². The molecule has 3 heterocycles. The second kappa shape index (κ2) is 5.55. The van der Waals surface area contributed by atoms with Crippen molar-refractivity contribution in [2.75, 3.05) is 24.2 Å². The van der Waals surface area contributed by atoms with Gasteiger partial charge in [-0.2, -0.15) is 0 Å². The van der Waals surface area contributed by atoms with Crippen LogP contribution in [0.3, 0.4) is 0 Å². The number of carbonyl (C=O) groups is 1. The molecule has 0 spiro atoms. The standard InChI is InChI=1S/C12H15N5OS2/c1-19-12-14-9(17-4-2-3-5-17)7-6-8(10(18)16-13)20-11(7)15-12/h6H,2-5,13H2,1H3,(H,16,18). The third kappa shape index (κ3) is 2.34. The van der Waals surface area contributed by atoms with E-state index in [1.54, 1.807) is 0 Å². The predicted octanol–water partition coefficient (Wildman–Crippen LogP) is 1.62. The number of aromatic nitrogens is 2. The smallest absolute Gasteiger partial charge is 0.275 e. The number of hydrogen-bond acceptors (Lipinski definition) is 7. The van der Waals surface area contributed by atoms with Gasteiger partial charge >= 0.3 is 0 Å². The highest BCUT2D eigenvalue weighted by atomic mass is 32.2. The Hall–Kier alpha value is -1.38. The molecule has 3 rings (SSSR count). The first-order chi connectivity index (χ1) is 9.72. The Balaban J connectivity index is 2.14. The van der Waals surface area contributed by atoms with E-state index < -0.39 is 0 Å². The summed E-state index contributed by atoms with van der Waals surface area (Å²) in [5.41, 5.74) is 2.16. The fourth-order valence-corrected chi connectivity index (χ4v) is 3.68. The Labute approximate surface area is 124 Å². The van der Waals surface area contributed by atoms with Crippen molar-refractivity contribution >= 4 is 45.0 Å². The minimum absolute atomic E-state index is 0.286. The van der Waals surface area contributed by atoms with Crippen LogP contribution >= 0.6 is 23.1 Å². The molecule has 20 heavy (non-hydrogen) atoms. The number of thioether (sulfide) groups is 1. The Morgan fingerprint density at radius 2 is 2.20 bits per heavy atom. The zero-order valence-electron chi connectivity index (χ0n) is 11.0. The lowest BCUT2D eigenvalue weighted by Gasteiger charge is -2.17. The van der Waals surface area contributed by atoms with Gasteiger partial charge in [0.15, 0.2) is 5.16 Å². The second-order valence-corrected chi connectivity index (χ2v) is 6.34. The van der Waals surface area contributed by atoms with Gasteiger partial charge in [-0.25, -0.2) is 15.8 Å². The third-order valence-electron chi connectivity index (χ3n) is 3.30. The van der Waals surface area contributed by atoms with Crippen LogP contribution in [0.4, 0.5) is 5.82 Å². The van der Waals surface area contributed by atoms with Gasteiger partial charge in [0.25, 0.3) is 5.91 Å². The molecule has 6 nitrogen and oxygen atoms in total. The monoisotopic (exact) mass is 309 g/mol. The van der Waals surface area contributed by atoms with Crippen molar-refractivity contribution in [3.05, 3.63) is 10.9 Å². The van der Waals surface area contributed by atoms with E-state index in [4.69, 9.17) is 5.84 Å². The number of nitrogen functional groups attached to an aromatic ring is 1. The molecule has 1 fully saturated rings. The van der Waals surface area contributed by atoms with E-state index in [0.717, 1.165) is 34.3 Å². The summed E-state index contributed by atoms with van der Waals surface area (Å²) in [5.74, 6) is 5.85. The summed E-state index contributed by atoms with van der Waals surface area (Å²) in [7, 11) is 0. The van der Waals surface area contributed by atoms with Gasteiger partial charge < -0.3 is 4.90 Å². The molecule has 0 aliphatic carbocycles. The van der Waals surface area contributed by atoms with Gasteiger partial charge in [0.1, 0.15) is 10.6 Å². The van der Waals surface area contributed by atoms with Gasteiger partial charge in [0, 0.05) is 13.1 Å². The average molecular weight is 309 g/mol. The summed E-state index contributed by atoms with van der Waals surface area (Å²) in [6.45, 7) is 2.02. The third-order valence-corrected chi connectivity index (χ3v) is 4.87. The molecule has 106 valence electrons. The number of thiophene rings is 1. The predicted molar refractivity (Wildman–Crippen MR) is 82.3 cm³/mol. The number of amides is 1. The van der Waals surface area contributed by atoms with E-state index in [2.05, 4.69) is 20.3 Å². The Morgan fingerprint density at radius 3 is 2.85 bits per heavy atom. The molecular weight excluding hydrogens is 294 g/mol. The highest BCUT2D eigenvalue weighted by Gasteiger charge is 2.21. The van der Waals surface area contributed by atoms with Crippen LogP contribution in [0.5, 0.6) is 0 Å². The maximum absolute atomic E-state index is 11.7. The topological polar surface area (TPSA) is 84.1 Å². The average Bonchev–Trinajstić information content (AvgIpc) is 3.13. The van der Waals surface area contributed by atoms with Crippen LogP contribution in [0.1, 0.15) is 22.5 Å². The van der Waals surface area contributed by atoms with Crippen molar-refractivity contribution in [1.29, 1.82) is 0 Å². The van der Waals surface area contributed by atoms with Gasteiger partial charge in [0.05, 0.1) is 10.3 Å². The molecule has 1 saturated heterocycles. The Morgan fingerprint density at radius 1 is 1.45 bits per heavy atom. The van der Waals surface area contributed by atoms with Gasteiger partial charge in [-0.1, -0.05) is 11.8 Å². The van der Waals surface area contributed by atoms with Crippen LogP contribution in [0.25, 0.3) is 10.2 Å². The van der Waals surface area contributed by atoms with Crippen molar-refractivity contribution < 1.29 is 4.79 Å². The number of hydrazine groups is 1. The maximum Gasteiger partial charge on any atom is 0.275 e. The molecule has 8 heteroatoms. The van der Waals surface area contributed by atoms with E-state index in [1.165, 1.54) is 35.9 Å². The minimum atomic E-state index is -0.286. The molecule has 0 saturated carbocycles. The lowest BCUT2D eigenvalue weighted by atomic mass is 10.3. The SMILES string of the molecule is CSc1nc(N2CCCC2)c2cc(C(=O)NN)sc2n1. The number of nitrogens with zero attached hydrogens (tertiary/aromatic N) is 3. The first-order valence-electron chi connectivity index (χ1n) is 6.34. The minimum Gasteiger partial charge on any atom is -0.356 e. The lowest BCUT2D eigenvalue weighted by molar-refractivity contribution is 0.0958. The van der Waals surface area contributed by atoms with E-state index in [9.17, 15) is 4.79 Å². The Kier molecular flexibility index (Phi) is 3.77. The molecule has 1 aliphatic heterocycles. The summed E-state index contributed by atoms with van der Waals surface area (Å²) in [5, 5.41) is 1.68. The fraction of sp³-hybridized carbons (Fsp3) is 0.417. The molecule has 0 unspecified atom stereocenters. The lowest BCUT2D eigenvalue weighted by Crippen LogP contribution is -2.29. The highest BCUT2D eigenvalue weighted by molar-refractivity contribution is 7.98. The number of nitrogens with one attached hydrogen (secondary N) is 1. The number of fused-ring (bicyclic) bond motifs is 1. The molecule has 2 aromatic heterocycles. The summed E-state index contributed by atoms with van der Waals surface area (Å²) in [6, 6.07) is 1.83. The van der Waals surface area contributed by atoms with Crippen molar-refractivity contribution in [3.8, 4) is 0 Å². The van der Waals surface area contributed by atoms with Crippen molar-refractivity contribution in [2.45, 2.75) is 18.0 Å². The summed E-state index contributed by atoms with van der Waals surface area (Å²) in [4.78, 5) is 24.5. The van der Waals surface area contributed by atoms with Crippen molar-refractivity contribution in [1.82, 2.24) is 15.4 Å². The van der Waals surface area contributed by atoms with Crippen LogP contribution in [-0.4, -0.2) is 35.2 Å². The van der Waals surface area contributed by atoms with Gasteiger partial charge in [-0.3, -0.25) is 10.2 Å². The quantitative estimate of drug-likeness (QED) is 0.295. The molecule has 0 aromatic carbocycles. The molecule has 0 bridgehead atoms. The van der Waals surface area contributed by atoms with E-state index in [0.29, 0.717) is 4.88 Å². The fourth-order valence-electron chi connectivity index (χ4n) is 2.33. The van der Waals surface area contributed by atoms with Crippen LogP contribution in [0.2, 0.25) is 0 Å². The molecule has 2 aromatic rings. The zero-order chi connectivity index (χ0) is 14.1. The largest absolute Gasteiger partial charge is 0.356 e. The normalized spacial score (nSPS) is 15.0. The second-order valence-electron chi connectivity index (χ2n) is 4.53. The van der Waals surface area contributed by atoms with Crippen molar-refractivity contribution in [2.24, 2.45) is 5.84 Å². The molecule has 3 N–H and O–H groups in total. The summed E-state index contributed by atoms with van der Waals surface area (Å²) >= 11 is 2.86. The number of hydrogen-bond donors (Lipinski definition) is 2. The number of carbonyl (C=O) groups excluding carboxylic acids is 1. The molecule has 0 radical (unpaired) electrons. The van der Waals surface area contributed by atoms with Crippen LogP contribution in [0, 0.1) is 0 Å².